The largest absolute Gasteiger partial charge is 0.311 e. The molecule has 0 aromatic heterocycles. The van der Waals surface area contributed by atoms with Crippen LogP contribution in [0.2, 0.25) is 0 Å². The summed E-state index contributed by atoms with van der Waals surface area (Å²) in [5, 5.41) is 3.59. The van der Waals surface area contributed by atoms with E-state index in [1.54, 1.807) is 0 Å². The van der Waals surface area contributed by atoms with Gasteiger partial charge in [0.05, 0.1) is 0 Å². The maximum atomic E-state index is 3.59. The molecule has 3 heteroatoms. The minimum absolute atomic E-state index is 0.602. The maximum absolute atomic E-state index is 3.59. The van der Waals surface area contributed by atoms with Gasteiger partial charge in [-0.3, -0.25) is 4.90 Å². The fourth-order valence-corrected chi connectivity index (χ4v) is 3.16. The molecule has 1 saturated heterocycles. The first-order valence-electron chi connectivity index (χ1n) is 6.91. The summed E-state index contributed by atoms with van der Waals surface area (Å²) in [7, 11) is 0. The van der Waals surface area contributed by atoms with Gasteiger partial charge in [-0.05, 0) is 31.0 Å². The molecular formula is C15H23BrN2. The summed E-state index contributed by atoms with van der Waals surface area (Å²) >= 11 is 3.55. The van der Waals surface area contributed by atoms with E-state index in [9.17, 15) is 0 Å². The van der Waals surface area contributed by atoms with Crippen LogP contribution >= 0.6 is 15.9 Å². The number of piperazine rings is 1. The lowest BCUT2D eigenvalue weighted by molar-refractivity contribution is 0.120. The van der Waals surface area contributed by atoms with E-state index in [0.717, 1.165) is 19.6 Å². The Morgan fingerprint density at radius 3 is 3.00 bits per heavy atom. The van der Waals surface area contributed by atoms with E-state index >= 15 is 0 Å². The number of hydrogen-bond acceptors (Lipinski definition) is 2. The molecule has 1 N–H and O–H groups in total. The average molecular weight is 311 g/mol. The number of nitrogens with zero attached hydrogens (tertiary/aromatic N) is 1. The van der Waals surface area contributed by atoms with Gasteiger partial charge in [0, 0.05) is 36.2 Å². The van der Waals surface area contributed by atoms with Crippen LogP contribution in [-0.4, -0.2) is 30.1 Å². The third-order valence-electron chi connectivity index (χ3n) is 3.62. The Morgan fingerprint density at radius 1 is 1.44 bits per heavy atom. The molecule has 2 atom stereocenters. The Bertz CT molecular complexity index is 381. The van der Waals surface area contributed by atoms with Crippen molar-refractivity contribution in [2.75, 3.05) is 13.1 Å². The lowest BCUT2D eigenvalue weighted by atomic mass is 10.0. The number of hydrogen-bond donors (Lipinski definition) is 1. The summed E-state index contributed by atoms with van der Waals surface area (Å²) in [6.45, 7) is 7.89. The first-order chi connectivity index (χ1) is 8.69. The molecule has 1 aliphatic heterocycles. The highest BCUT2D eigenvalue weighted by molar-refractivity contribution is 9.10. The summed E-state index contributed by atoms with van der Waals surface area (Å²) in [6, 6.07) is 9.96. The SMILES string of the molecule is CCCC1CNC(C)CN1Cc1cccc(Br)c1. The summed E-state index contributed by atoms with van der Waals surface area (Å²) in [4.78, 5) is 2.63. The van der Waals surface area contributed by atoms with E-state index in [1.165, 1.54) is 22.9 Å². The van der Waals surface area contributed by atoms with Crippen LogP contribution in [0.25, 0.3) is 0 Å². The quantitative estimate of drug-likeness (QED) is 0.917. The summed E-state index contributed by atoms with van der Waals surface area (Å²) in [6.07, 6.45) is 2.55. The zero-order chi connectivity index (χ0) is 13.0. The van der Waals surface area contributed by atoms with Gasteiger partial charge in [-0.25, -0.2) is 0 Å². The smallest absolute Gasteiger partial charge is 0.0238 e. The van der Waals surface area contributed by atoms with Crippen molar-refractivity contribution in [2.45, 2.75) is 45.3 Å². The van der Waals surface area contributed by atoms with Crippen LogP contribution in [0, 0.1) is 0 Å². The third-order valence-corrected chi connectivity index (χ3v) is 4.12. The van der Waals surface area contributed by atoms with Gasteiger partial charge < -0.3 is 5.32 Å². The van der Waals surface area contributed by atoms with Gasteiger partial charge in [-0.1, -0.05) is 41.4 Å². The van der Waals surface area contributed by atoms with E-state index in [-0.39, 0.29) is 0 Å². The second kappa shape index (κ2) is 6.69. The molecule has 0 aliphatic carbocycles. The fourth-order valence-electron chi connectivity index (χ4n) is 2.71. The highest BCUT2D eigenvalue weighted by Crippen LogP contribution is 2.18. The zero-order valence-electron chi connectivity index (χ0n) is 11.3. The van der Waals surface area contributed by atoms with Crippen LogP contribution in [0.4, 0.5) is 0 Å². The molecule has 1 fully saturated rings. The van der Waals surface area contributed by atoms with E-state index in [2.05, 4.69) is 64.3 Å². The predicted molar refractivity (Wildman–Crippen MR) is 80.7 cm³/mol. The Morgan fingerprint density at radius 2 is 2.28 bits per heavy atom. The highest BCUT2D eigenvalue weighted by Gasteiger charge is 2.24. The summed E-state index contributed by atoms with van der Waals surface area (Å²) in [5.74, 6) is 0. The molecule has 1 aromatic carbocycles. The van der Waals surface area contributed by atoms with Gasteiger partial charge in [-0.2, -0.15) is 0 Å². The van der Waals surface area contributed by atoms with Crippen LogP contribution in [0.3, 0.4) is 0 Å². The van der Waals surface area contributed by atoms with Crippen molar-refractivity contribution in [3.8, 4) is 0 Å². The monoisotopic (exact) mass is 310 g/mol. The minimum Gasteiger partial charge on any atom is -0.311 e. The number of nitrogens with one attached hydrogen (secondary N) is 1. The summed E-state index contributed by atoms with van der Waals surface area (Å²) < 4.78 is 1.18. The van der Waals surface area contributed by atoms with Crippen molar-refractivity contribution in [2.24, 2.45) is 0 Å². The topological polar surface area (TPSA) is 15.3 Å². The molecular weight excluding hydrogens is 288 g/mol. The van der Waals surface area contributed by atoms with Crippen molar-refractivity contribution in [1.82, 2.24) is 10.2 Å². The number of rotatable bonds is 4. The number of halogens is 1. The van der Waals surface area contributed by atoms with Crippen molar-refractivity contribution in [1.29, 1.82) is 0 Å². The molecule has 0 saturated carbocycles. The zero-order valence-corrected chi connectivity index (χ0v) is 12.9. The molecule has 1 heterocycles. The Labute approximate surface area is 119 Å². The first-order valence-corrected chi connectivity index (χ1v) is 7.70. The van der Waals surface area contributed by atoms with Crippen molar-refractivity contribution in [3.05, 3.63) is 34.3 Å². The Hall–Kier alpha value is -0.380. The molecule has 0 amide bonds. The van der Waals surface area contributed by atoms with Crippen LogP contribution in [0.1, 0.15) is 32.3 Å². The maximum Gasteiger partial charge on any atom is 0.0238 e. The van der Waals surface area contributed by atoms with Gasteiger partial charge in [0.2, 0.25) is 0 Å². The molecule has 0 radical (unpaired) electrons. The van der Waals surface area contributed by atoms with Gasteiger partial charge in [0.1, 0.15) is 0 Å². The molecule has 100 valence electrons. The van der Waals surface area contributed by atoms with Crippen molar-refractivity contribution in [3.63, 3.8) is 0 Å². The average Bonchev–Trinajstić information content (AvgIpc) is 2.33. The minimum atomic E-state index is 0.602. The second-order valence-electron chi connectivity index (χ2n) is 5.31. The standard InChI is InChI=1S/C15H23BrN2/c1-3-5-15-9-17-12(2)10-18(15)11-13-6-4-7-14(16)8-13/h4,6-8,12,15,17H,3,5,9-11H2,1-2H3. The molecule has 18 heavy (non-hydrogen) atoms. The molecule has 1 aliphatic rings. The van der Waals surface area contributed by atoms with Crippen molar-refractivity contribution < 1.29 is 0 Å². The van der Waals surface area contributed by atoms with Crippen molar-refractivity contribution >= 4 is 15.9 Å². The van der Waals surface area contributed by atoms with Gasteiger partial charge in [0.15, 0.2) is 0 Å². The second-order valence-corrected chi connectivity index (χ2v) is 6.23. The molecule has 0 bridgehead atoms. The van der Waals surface area contributed by atoms with Crippen LogP contribution in [0.15, 0.2) is 28.7 Å². The predicted octanol–water partition coefficient (Wildman–Crippen LogP) is 3.41. The van der Waals surface area contributed by atoms with Gasteiger partial charge in [0.25, 0.3) is 0 Å². The molecule has 2 rings (SSSR count). The normalized spacial score (nSPS) is 25.3. The molecule has 0 spiro atoms. The highest BCUT2D eigenvalue weighted by atomic mass is 79.9. The fraction of sp³-hybridized carbons (Fsp3) is 0.600. The molecule has 2 unspecified atom stereocenters. The lowest BCUT2D eigenvalue weighted by Crippen LogP contribution is -2.54. The lowest BCUT2D eigenvalue weighted by Gasteiger charge is -2.39. The van der Waals surface area contributed by atoms with Crippen LogP contribution < -0.4 is 5.32 Å². The summed E-state index contributed by atoms with van der Waals surface area (Å²) in [5.41, 5.74) is 1.40. The van der Waals surface area contributed by atoms with Crippen LogP contribution in [-0.2, 0) is 6.54 Å². The van der Waals surface area contributed by atoms with E-state index in [1.807, 2.05) is 0 Å². The number of benzene rings is 1. The van der Waals surface area contributed by atoms with Gasteiger partial charge >= 0.3 is 0 Å². The van der Waals surface area contributed by atoms with E-state index < -0.39 is 0 Å². The third kappa shape index (κ3) is 3.81. The van der Waals surface area contributed by atoms with E-state index in [4.69, 9.17) is 0 Å². The van der Waals surface area contributed by atoms with Gasteiger partial charge in [-0.15, -0.1) is 0 Å². The Kier molecular flexibility index (Phi) is 5.22. The Balaban J connectivity index is 2.03. The first kappa shape index (κ1) is 14.0. The molecule has 1 aromatic rings. The van der Waals surface area contributed by atoms with Crippen LogP contribution in [0.5, 0.6) is 0 Å². The molecule has 2 nitrogen and oxygen atoms in total. The van der Waals surface area contributed by atoms with E-state index in [0.29, 0.717) is 12.1 Å².